The summed E-state index contributed by atoms with van der Waals surface area (Å²) in [4.78, 5) is 23.5. The fourth-order valence-corrected chi connectivity index (χ4v) is 2.22. The van der Waals surface area contributed by atoms with Crippen molar-refractivity contribution in [3.63, 3.8) is 0 Å². The van der Waals surface area contributed by atoms with E-state index in [0.717, 1.165) is 5.56 Å². The molecular weight excluding hydrogens is 276 g/mol. The molecule has 0 aliphatic heterocycles. The Labute approximate surface area is 125 Å². The van der Waals surface area contributed by atoms with Gasteiger partial charge in [-0.2, -0.15) is 0 Å². The van der Waals surface area contributed by atoms with E-state index in [4.69, 9.17) is 16.3 Å². The highest BCUT2D eigenvalue weighted by molar-refractivity contribution is 6.28. The largest absolute Gasteiger partial charge is 0.461 e. The van der Waals surface area contributed by atoms with E-state index < -0.39 is 0 Å². The lowest BCUT2D eigenvalue weighted by Gasteiger charge is -2.16. The van der Waals surface area contributed by atoms with Crippen molar-refractivity contribution in [3.8, 4) is 0 Å². The van der Waals surface area contributed by atoms with Crippen molar-refractivity contribution < 1.29 is 14.3 Å². The lowest BCUT2D eigenvalue weighted by Crippen LogP contribution is -2.22. The van der Waals surface area contributed by atoms with E-state index in [9.17, 15) is 9.59 Å². The molecule has 20 heavy (non-hydrogen) atoms. The second-order valence-corrected chi connectivity index (χ2v) is 5.54. The number of hydrogen-bond acceptors (Lipinski definition) is 3. The molecular formula is C16H21ClO3. The molecule has 110 valence electrons. The zero-order chi connectivity index (χ0) is 15.0. The normalized spacial score (nSPS) is 12.2. The summed E-state index contributed by atoms with van der Waals surface area (Å²) >= 11 is 5.58. The summed E-state index contributed by atoms with van der Waals surface area (Å²) < 4.78 is 5.20. The minimum Gasteiger partial charge on any atom is -0.461 e. The van der Waals surface area contributed by atoms with Gasteiger partial charge in [0.2, 0.25) is 0 Å². The fourth-order valence-electron chi connectivity index (χ4n) is 2.00. The average Bonchev–Trinajstić information content (AvgIpc) is 2.44. The standard InChI is InChI=1S/C16H21ClO3/c1-12(2)8-14(15(18)10-17)9-16(19)20-11-13-6-4-3-5-7-13/h3-7,12,14H,8-11H2,1-2H3/t14-/m0/s1. The van der Waals surface area contributed by atoms with Gasteiger partial charge in [-0.05, 0) is 17.9 Å². The van der Waals surface area contributed by atoms with Crippen molar-refractivity contribution in [1.82, 2.24) is 0 Å². The van der Waals surface area contributed by atoms with Crippen LogP contribution >= 0.6 is 11.6 Å². The number of halogens is 1. The summed E-state index contributed by atoms with van der Waals surface area (Å²) in [7, 11) is 0. The van der Waals surface area contributed by atoms with E-state index in [1.807, 2.05) is 44.2 Å². The van der Waals surface area contributed by atoms with Gasteiger partial charge in [-0.25, -0.2) is 0 Å². The number of benzene rings is 1. The van der Waals surface area contributed by atoms with Crippen LogP contribution in [0.25, 0.3) is 0 Å². The second kappa shape index (κ2) is 8.75. The molecule has 0 amide bonds. The lowest BCUT2D eigenvalue weighted by atomic mass is 9.91. The van der Waals surface area contributed by atoms with Crippen LogP contribution in [-0.4, -0.2) is 17.6 Å². The Morgan fingerprint density at radius 1 is 1.20 bits per heavy atom. The maximum Gasteiger partial charge on any atom is 0.306 e. The topological polar surface area (TPSA) is 43.4 Å². The maximum absolute atomic E-state index is 11.8. The first-order valence-corrected chi connectivity index (χ1v) is 7.34. The predicted octanol–water partition coefficient (Wildman–Crippen LogP) is 3.59. The molecule has 0 heterocycles. The van der Waals surface area contributed by atoms with E-state index in [1.165, 1.54) is 0 Å². The third-order valence-electron chi connectivity index (χ3n) is 3.00. The SMILES string of the molecule is CC(C)C[C@@H](CC(=O)OCc1ccccc1)C(=O)CCl. The highest BCUT2D eigenvalue weighted by Crippen LogP contribution is 2.18. The van der Waals surface area contributed by atoms with Crippen LogP contribution in [0.2, 0.25) is 0 Å². The monoisotopic (exact) mass is 296 g/mol. The number of carbonyl (C=O) groups is 2. The van der Waals surface area contributed by atoms with Crippen LogP contribution in [0.4, 0.5) is 0 Å². The Hall–Kier alpha value is -1.35. The minimum absolute atomic E-state index is 0.0522. The Balaban J connectivity index is 2.47. The number of hydrogen-bond donors (Lipinski definition) is 0. The van der Waals surface area contributed by atoms with Gasteiger partial charge in [-0.3, -0.25) is 9.59 Å². The highest BCUT2D eigenvalue weighted by Gasteiger charge is 2.22. The molecule has 3 nitrogen and oxygen atoms in total. The fraction of sp³-hybridized carbons (Fsp3) is 0.500. The van der Waals surface area contributed by atoms with Crippen molar-refractivity contribution in [3.05, 3.63) is 35.9 Å². The van der Waals surface area contributed by atoms with E-state index in [2.05, 4.69) is 0 Å². The highest BCUT2D eigenvalue weighted by atomic mass is 35.5. The molecule has 4 heteroatoms. The molecule has 0 aliphatic rings. The number of rotatable bonds is 8. The molecule has 0 unspecified atom stereocenters. The summed E-state index contributed by atoms with van der Waals surface area (Å²) in [5.41, 5.74) is 0.935. The third-order valence-corrected chi connectivity index (χ3v) is 3.26. The van der Waals surface area contributed by atoms with Crippen LogP contribution in [-0.2, 0) is 20.9 Å². The minimum atomic E-state index is -0.349. The number of Topliss-reactive ketones (excluding diaryl/α,β-unsaturated/α-hetero) is 1. The van der Waals surface area contributed by atoms with Gasteiger partial charge in [-0.1, -0.05) is 44.2 Å². The second-order valence-electron chi connectivity index (χ2n) is 5.28. The maximum atomic E-state index is 11.8. The summed E-state index contributed by atoms with van der Waals surface area (Å²) in [6.07, 6.45) is 0.766. The van der Waals surface area contributed by atoms with Crippen molar-refractivity contribution in [2.24, 2.45) is 11.8 Å². The Bertz CT molecular complexity index is 429. The summed E-state index contributed by atoms with van der Waals surface area (Å²) in [5, 5.41) is 0. The quantitative estimate of drug-likeness (QED) is 0.544. The van der Waals surface area contributed by atoms with Gasteiger partial charge < -0.3 is 4.74 Å². The molecule has 0 fully saturated rings. The van der Waals surface area contributed by atoms with Crippen LogP contribution in [0, 0.1) is 11.8 Å². The molecule has 1 atom stereocenters. The van der Waals surface area contributed by atoms with Gasteiger partial charge >= 0.3 is 5.97 Å². The van der Waals surface area contributed by atoms with Crippen LogP contribution in [0.3, 0.4) is 0 Å². The van der Waals surface area contributed by atoms with Gasteiger partial charge in [0.05, 0.1) is 12.3 Å². The van der Waals surface area contributed by atoms with Crippen molar-refractivity contribution in [2.75, 3.05) is 5.88 Å². The first-order valence-electron chi connectivity index (χ1n) is 6.81. The predicted molar refractivity (Wildman–Crippen MR) is 79.5 cm³/mol. The number of ether oxygens (including phenoxy) is 1. The zero-order valence-corrected chi connectivity index (χ0v) is 12.7. The molecule has 1 rings (SSSR count). The summed E-state index contributed by atoms with van der Waals surface area (Å²) in [5.74, 6) is -0.483. The summed E-state index contributed by atoms with van der Waals surface area (Å²) in [6, 6.07) is 9.47. The smallest absolute Gasteiger partial charge is 0.306 e. The average molecular weight is 297 g/mol. The van der Waals surface area contributed by atoms with Crippen molar-refractivity contribution >= 4 is 23.4 Å². The molecule has 1 aromatic rings. The van der Waals surface area contributed by atoms with Gasteiger partial charge in [0.25, 0.3) is 0 Å². The first kappa shape index (κ1) is 16.7. The molecule has 0 saturated heterocycles. The van der Waals surface area contributed by atoms with Gasteiger partial charge in [0, 0.05) is 5.92 Å². The summed E-state index contributed by atoms with van der Waals surface area (Å²) in [6.45, 7) is 4.27. The van der Waals surface area contributed by atoms with E-state index in [1.54, 1.807) is 0 Å². The van der Waals surface area contributed by atoms with Crippen LogP contribution in [0.15, 0.2) is 30.3 Å². The third kappa shape index (κ3) is 6.20. The molecule has 1 aromatic carbocycles. The van der Waals surface area contributed by atoms with Crippen LogP contribution in [0.1, 0.15) is 32.3 Å². The van der Waals surface area contributed by atoms with E-state index in [0.29, 0.717) is 12.3 Å². The number of alkyl halides is 1. The zero-order valence-electron chi connectivity index (χ0n) is 12.0. The number of carbonyl (C=O) groups excluding carboxylic acids is 2. The molecule has 0 radical (unpaired) electrons. The Morgan fingerprint density at radius 2 is 1.85 bits per heavy atom. The number of ketones is 1. The Kier molecular flexibility index (Phi) is 7.31. The molecule has 0 aliphatic carbocycles. The van der Waals surface area contributed by atoms with Crippen molar-refractivity contribution in [1.29, 1.82) is 0 Å². The molecule has 0 N–H and O–H groups in total. The van der Waals surface area contributed by atoms with Crippen LogP contribution in [0.5, 0.6) is 0 Å². The van der Waals surface area contributed by atoms with Gasteiger partial charge in [0.1, 0.15) is 6.61 Å². The van der Waals surface area contributed by atoms with E-state index in [-0.39, 0.29) is 36.6 Å². The Morgan fingerprint density at radius 3 is 2.40 bits per heavy atom. The first-order chi connectivity index (χ1) is 9.52. The lowest BCUT2D eigenvalue weighted by molar-refractivity contribution is -0.147. The number of esters is 1. The molecule has 0 spiro atoms. The van der Waals surface area contributed by atoms with Crippen molar-refractivity contribution in [2.45, 2.75) is 33.3 Å². The molecule has 0 bridgehead atoms. The van der Waals surface area contributed by atoms with Crippen LogP contribution < -0.4 is 0 Å². The van der Waals surface area contributed by atoms with Gasteiger partial charge in [-0.15, -0.1) is 11.6 Å². The van der Waals surface area contributed by atoms with E-state index >= 15 is 0 Å². The van der Waals surface area contributed by atoms with Gasteiger partial charge in [0.15, 0.2) is 5.78 Å². The molecule has 0 aromatic heterocycles. The molecule has 0 saturated carbocycles.